The zero-order valence-corrected chi connectivity index (χ0v) is 15.4. The summed E-state index contributed by atoms with van der Waals surface area (Å²) in [6, 6.07) is 1.69. The van der Waals surface area contributed by atoms with Gasteiger partial charge in [-0.15, -0.1) is 0 Å². The topological polar surface area (TPSA) is 91.6 Å². The Morgan fingerprint density at radius 2 is 2.04 bits per heavy atom. The lowest BCUT2D eigenvalue weighted by Crippen LogP contribution is -2.51. The molecule has 1 aliphatic rings. The number of piperidine rings is 1. The van der Waals surface area contributed by atoms with Gasteiger partial charge in [-0.25, -0.2) is 13.4 Å². The summed E-state index contributed by atoms with van der Waals surface area (Å²) in [5.41, 5.74) is -4.35. The first-order valence-electron chi connectivity index (χ1n) is 8.23. The molecule has 26 heavy (non-hydrogen) atoms. The van der Waals surface area contributed by atoms with E-state index in [-0.39, 0.29) is 32.0 Å². The van der Waals surface area contributed by atoms with Crippen LogP contribution in [0.4, 0.5) is 13.2 Å². The summed E-state index contributed by atoms with van der Waals surface area (Å²) >= 11 is 0. The van der Waals surface area contributed by atoms with E-state index in [4.69, 9.17) is 0 Å². The number of guanidine groups is 1. The van der Waals surface area contributed by atoms with Gasteiger partial charge in [-0.05, 0) is 25.8 Å². The van der Waals surface area contributed by atoms with E-state index < -0.39 is 15.5 Å². The van der Waals surface area contributed by atoms with E-state index >= 15 is 0 Å². The fourth-order valence-corrected chi connectivity index (χ4v) is 3.60. The molecule has 1 fully saturated rings. The number of halogens is 3. The second-order valence-corrected chi connectivity index (χ2v) is 7.84. The van der Waals surface area contributed by atoms with Crippen LogP contribution in [0.3, 0.4) is 0 Å². The van der Waals surface area contributed by atoms with Crippen LogP contribution < -0.4 is 10.6 Å². The van der Waals surface area contributed by atoms with E-state index in [1.807, 2.05) is 20.0 Å². The Morgan fingerprint density at radius 1 is 1.38 bits per heavy atom. The van der Waals surface area contributed by atoms with Gasteiger partial charge in [-0.2, -0.15) is 22.6 Å². The lowest BCUT2D eigenvalue weighted by molar-refractivity contribution is -0.0494. The van der Waals surface area contributed by atoms with Crippen molar-refractivity contribution in [1.82, 2.24) is 24.7 Å². The summed E-state index contributed by atoms with van der Waals surface area (Å²) in [5.74, 6) is 0.533. The molecule has 0 bridgehead atoms. The zero-order chi connectivity index (χ0) is 19.4. The first-order chi connectivity index (χ1) is 12.1. The molecule has 0 unspecified atom stereocenters. The van der Waals surface area contributed by atoms with Crippen LogP contribution in [0.1, 0.15) is 25.5 Å². The number of sulfonamides is 1. The number of nitrogens with zero attached hydrogens (tertiary/aromatic N) is 4. The Hall–Kier alpha value is -1.82. The Kier molecular flexibility index (Phi) is 6.50. The quantitative estimate of drug-likeness (QED) is 0.567. The first-order valence-corrected chi connectivity index (χ1v) is 9.67. The van der Waals surface area contributed by atoms with Crippen LogP contribution in [0, 0.1) is 0 Å². The van der Waals surface area contributed by atoms with Crippen molar-refractivity contribution in [3.8, 4) is 0 Å². The second-order valence-electron chi connectivity index (χ2n) is 5.91. The van der Waals surface area contributed by atoms with E-state index in [0.717, 1.165) is 5.69 Å². The number of rotatable bonds is 5. The lowest BCUT2D eigenvalue weighted by Gasteiger charge is -2.32. The average molecular weight is 396 g/mol. The number of aliphatic imine (C=N–C) groups is 1. The van der Waals surface area contributed by atoms with Crippen molar-refractivity contribution in [2.45, 2.75) is 37.9 Å². The number of nitrogens with one attached hydrogen (secondary N) is 2. The highest BCUT2D eigenvalue weighted by atomic mass is 32.2. The van der Waals surface area contributed by atoms with Gasteiger partial charge < -0.3 is 10.6 Å². The maximum atomic E-state index is 12.6. The fourth-order valence-electron chi connectivity index (χ4n) is 2.62. The predicted octanol–water partition coefficient (Wildman–Crippen LogP) is 0.789. The van der Waals surface area contributed by atoms with Crippen LogP contribution in [0.2, 0.25) is 0 Å². The van der Waals surface area contributed by atoms with Crippen molar-refractivity contribution in [2.75, 3.05) is 19.6 Å². The number of hydrogen-bond acceptors (Lipinski definition) is 4. The van der Waals surface area contributed by atoms with Gasteiger partial charge in [0.2, 0.25) is 0 Å². The Labute approximate surface area is 150 Å². The molecule has 0 spiro atoms. The largest absolute Gasteiger partial charge is 0.511 e. The van der Waals surface area contributed by atoms with Crippen LogP contribution in [0.5, 0.6) is 0 Å². The highest BCUT2D eigenvalue weighted by Crippen LogP contribution is 2.28. The predicted molar refractivity (Wildman–Crippen MR) is 90.7 cm³/mol. The molecule has 1 aromatic heterocycles. The van der Waals surface area contributed by atoms with Crippen molar-refractivity contribution in [1.29, 1.82) is 0 Å². The van der Waals surface area contributed by atoms with Crippen LogP contribution in [-0.2, 0) is 23.6 Å². The van der Waals surface area contributed by atoms with E-state index in [2.05, 4.69) is 20.7 Å². The molecule has 8 nitrogen and oxygen atoms in total. The lowest BCUT2D eigenvalue weighted by atomic mass is 10.1. The van der Waals surface area contributed by atoms with Crippen LogP contribution in [-0.4, -0.2) is 59.6 Å². The molecule has 2 N–H and O–H groups in total. The Bertz CT molecular complexity index is 723. The normalized spacial score (nSPS) is 18.1. The van der Waals surface area contributed by atoms with Crippen molar-refractivity contribution >= 4 is 16.0 Å². The molecule has 1 saturated heterocycles. The van der Waals surface area contributed by atoms with Gasteiger partial charge in [0.15, 0.2) is 5.96 Å². The fraction of sp³-hybridized carbons (Fsp3) is 0.714. The summed E-state index contributed by atoms with van der Waals surface area (Å²) in [6.45, 7) is 2.56. The van der Waals surface area contributed by atoms with E-state index in [1.54, 1.807) is 10.9 Å². The zero-order valence-electron chi connectivity index (χ0n) is 14.6. The summed E-state index contributed by atoms with van der Waals surface area (Å²) in [5, 5.41) is 10.3. The van der Waals surface area contributed by atoms with Gasteiger partial charge >= 0.3 is 15.5 Å². The van der Waals surface area contributed by atoms with Crippen molar-refractivity contribution in [3.63, 3.8) is 0 Å². The molecule has 2 heterocycles. The molecule has 0 aliphatic carbocycles. The average Bonchev–Trinajstić information content (AvgIpc) is 2.97. The highest BCUT2D eigenvalue weighted by Gasteiger charge is 2.50. The maximum Gasteiger partial charge on any atom is 0.511 e. The number of hydrogen-bond donors (Lipinski definition) is 2. The molecule has 0 radical (unpaired) electrons. The van der Waals surface area contributed by atoms with Crippen LogP contribution >= 0.6 is 0 Å². The first kappa shape index (κ1) is 20.5. The summed E-state index contributed by atoms with van der Waals surface area (Å²) in [7, 11) is -3.45. The third kappa shape index (κ3) is 4.87. The highest BCUT2D eigenvalue weighted by molar-refractivity contribution is 7.90. The second kappa shape index (κ2) is 8.25. The van der Waals surface area contributed by atoms with Crippen LogP contribution in [0.15, 0.2) is 17.3 Å². The summed E-state index contributed by atoms with van der Waals surface area (Å²) < 4.78 is 62.9. The third-order valence-corrected chi connectivity index (χ3v) is 5.72. The summed E-state index contributed by atoms with van der Waals surface area (Å²) in [4.78, 5) is 4.44. The minimum Gasteiger partial charge on any atom is -0.357 e. The number of aryl methyl sites for hydroxylation is 1. The smallest absolute Gasteiger partial charge is 0.357 e. The van der Waals surface area contributed by atoms with E-state index in [9.17, 15) is 21.6 Å². The van der Waals surface area contributed by atoms with Crippen molar-refractivity contribution < 1.29 is 21.6 Å². The standard InChI is InChI=1S/C14H23F3N6O2S/c1-3-18-13(19-10-12-4-7-20-22(12)2)21-11-5-8-23(9-6-11)26(24,25)14(15,16)17/h4,7,11H,3,5-6,8-10H2,1-2H3,(H2,18,19,21). The van der Waals surface area contributed by atoms with Gasteiger partial charge in [-0.3, -0.25) is 4.68 Å². The SMILES string of the molecule is CCNC(=NCc1ccnn1C)NC1CCN(S(=O)(=O)C(F)(F)F)CC1. The summed E-state index contributed by atoms with van der Waals surface area (Å²) in [6.07, 6.45) is 2.21. The molecular formula is C14H23F3N6O2S. The molecular weight excluding hydrogens is 373 g/mol. The van der Waals surface area contributed by atoms with Gasteiger partial charge in [-0.1, -0.05) is 0 Å². The maximum absolute atomic E-state index is 12.6. The Balaban J connectivity index is 1.94. The number of aromatic nitrogens is 2. The minimum absolute atomic E-state index is 0.154. The van der Waals surface area contributed by atoms with E-state index in [0.29, 0.717) is 23.4 Å². The molecule has 148 valence electrons. The molecule has 0 atom stereocenters. The molecule has 2 rings (SSSR count). The van der Waals surface area contributed by atoms with E-state index in [1.165, 1.54) is 0 Å². The van der Waals surface area contributed by atoms with Crippen molar-refractivity contribution in [3.05, 3.63) is 18.0 Å². The van der Waals surface area contributed by atoms with Crippen LogP contribution in [0.25, 0.3) is 0 Å². The van der Waals surface area contributed by atoms with Gasteiger partial charge in [0, 0.05) is 38.9 Å². The monoisotopic (exact) mass is 396 g/mol. The van der Waals surface area contributed by atoms with Gasteiger partial charge in [0.05, 0.1) is 12.2 Å². The molecule has 0 aromatic carbocycles. The minimum atomic E-state index is -5.26. The molecule has 1 aliphatic heterocycles. The molecule has 12 heteroatoms. The molecule has 0 amide bonds. The van der Waals surface area contributed by atoms with Crippen molar-refractivity contribution in [2.24, 2.45) is 12.0 Å². The van der Waals surface area contributed by atoms with Gasteiger partial charge in [0.1, 0.15) is 0 Å². The third-order valence-electron chi connectivity index (χ3n) is 4.09. The molecule has 1 aromatic rings. The Morgan fingerprint density at radius 3 is 2.54 bits per heavy atom. The van der Waals surface area contributed by atoms with Gasteiger partial charge in [0.25, 0.3) is 0 Å². The number of alkyl halides is 3. The molecule has 0 saturated carbocycles.